The van der Waals surface area contributed by atoms with Gasteiger partial charge < -0.3 is 10.2 Å². The van der Waals surface area contributed by atoms with Crippen LogP contribution in [0.15, 0.2) is 34.9 Å². The number of hydrogen-bond acceptors (Lipinski definition) is 2. The van der Waals surface area contributed by atoms with E-state index in [-0.39, 0.29) is 6.04 Å². The minimum Gasteiger partial charge on any atom is -0.467 e. The minimum absolute atomic E-state index is 0.172. The molecule has 1 atom stereocenters. The van der Waals surface area contributed by atoms with E-state index in [4.69, 9.17) is 10.2 Å². The van der Waals surface area contributed by atoms with E-state index in [0.717, 1.165) is 16.9 Å². The summed E-state index contributed by atoms with van der Waals surface area (Å²) in [6.07, 6.45) is 1.69. The fourth-order valence-electron chi connectivity index (χ4n) is 1.81. The molecule has 84 valence electrons. The highest BCUT2D eigenvalue weighted by molar-refractivity contribution is 5.36. The van der Waals surface area contributed by atoms with Crippen LogP contribution < -0.4 is 5.73 Å². The van der Waals surface area contributed by atoms with Gasteiger partial charge >= 0.3 is 0 Å². The summed E-state index contributed by atoms with van der Waals surface area (Å²) < 4.78 is 5.43. The summed E-state index contributed by atoms with van der Waals surface area (Å²) in [4.78, 5) is 0. The molecule has 2 rings (SSSR count). The van der Waals surface area contributed by atoms with E-state index < -0.39 is 0 Å². The molecule has 0 saturated carbocycles. The Kier molecular flexibility index (Phi) is 2.84. The number of aryl methyl sites for hydroxylation is 3. The lowest BCUT2D eigenvalue weighted by Gasteiger charge is -2.12. The fraction of sp³-hybridized carbons (Fsp3) is 0.286. The average Bonchev–Trinajstić information content (AvgIpc) is 2.67. The Morgan fingerprint density at radius 2 is 1.75 bits per heavy atom. The highest BCUT2D eigenvalue weighted by atomic mass is 16.3. The summed E-state index contributed by atoms with van der Waals surface area (Å²) in [5.74, 6) is 0.850. The summed E-state index contributed by atoms with van der Waals surface area (Å²) in [6.45, 7) is 6.21. The summed E-state index contributed by atoms with van der Waals surface area (Å²) in [5.41, 5.74) is 10.9. The first kappa shape index (κ1) is 11.0. The Hall–Kier alpha value is -1.54. The molecule has 0 aliphatic heterocycles. The summed E-state index contributed by atoms with van der Waals surface area (Å²) in [6, 6.07) is 8.06. The van der Waals surface area contributed by atoms with Crippen LogP contribution in [0.3, 0.4) is 0 Å². The lowest BCUT2D eigenvalue weighted by molar-refractivity contribution is 0.487. The van der Waals surface area contributed by atoms with Crippen molar-refractivity contribution in [2.45, 2.75) is 26.8 Å². The normalized spacial score (nSPS) is 12.8. The van der Waals surface area contributed by atoms with Gasteiger partial charge in [0.1, 0.15) is 5.76 Å². The average molecular weight is 215 g/mol. The molecule has 0 bridgehead atoms. The second-order valence-corrected chi connectivity index (χ2v) is 4.29. The van der Waals surface area contributed by atoms with E-state index in [2.05, 4.69) is 32.0 Å². The Balaban J connectivity index is 2.38. The molecule has 2 nitrogen and oxygen atoms in total. The molecule has 1 aromatic carbocycles. The molecule has 1 heterocycles. The standard InChI is InChI=1S/C14H17NO/c1-9-4-5-12(8-11(9)3)13(15)14-10(2)6-7-16-14/h4-8,13H,15H2,1-3H3. The van der Waals surface area contributed by atoms with Crippen molar-refractivity contribution >= 4 is 0 Å². The second kappa shape index (κ2) is 4.14. The molecular weight excluding hydrogens is 198 g/mol. The van der Waals surface area contributed by atoms with Crippen molar-refractivity contribution in [2.24, 2.45) is 5.73 Å². The fourth-order valence-corrected chi connectivity index (χ4v) is 1.81. The SMILES string of the molecule is Cc1ccc(C(N)c2occc2C)cc1C. The molecule has 0 aliphatic carbocycles. The lowest BCUT2D eigenvalue weighted by Crippen LogP contribution is -2.12. The van der Waals surface area contributed by atoms with Crippen LogP contribution >= 0.6 is 0 Å². The smallest absolute Gasteiger partial charge is 0.127 e. The van der Waals surface area contributed by atoms with Crippen molar-refractivity contribution in [3.05, 3.63) is 58.5 Å². The number of rotatable bonds is 2. The Morgan fingerprint density at radius 3 is 2.31 bits per heavy atom. The number of nitrogens with two attached hydrogens (primary N) is 1. The first-order valence-corrected chi connectivity index (χ1v) is 5.46. The van der Waals surface area contributed by atoms with Gasteiger partial charge in [0.25, 0.3) is 0 Å². The van der Waals surface area contributed by atoms with Crippen molar-refractivity contribution in [2.75, 3.05) is 0 Å². The molecule has 0 aliphatic rings. The van der Waals surface area contributed by atoms with Crippen molar-refractivity contribution in [1.29, 1.82) is 0 Å². The molecule has 0 amide bonds. The van der Waals surface area contributed by atoms with Gasteiger partial charge in [0.05, 0.1) is 12.3 Å². The summed E-state index contributed by atoms with van der Waals surface area (Å²) >= 11 is 0. The third-order valence-electron chi connectivity index (χ3n) is 3.07. The van der Waals surface area contributed by atoms with Crippen LogP contribution in [0.4, 0.5) is 0 Å². The Morgan fingerprint density at radius 1 is 1.00 bits per heavy atom. The van der Waals surface area contributed by atoms with Gasteiger partial charge in [-0.3, -0.25) is 0 Å². The molecule has 0 fully saturated rings. The van der Waals surface area contributed by atoms with E-state index in [1.165, 1.54) is 11.1 Å². The van der Waals surface area contributed by atoms with Gasteiger partial charge in [-0.15, -0.1) is 0 Å². The van der Waals surface area contributed by atoms with E-state index in [1.54, 1.807) is 6.26 Å². The molecule has 1 unspecified atom stereocenters. The minimum atomic E-state index is -0.172. The van der Waals surface area contributed by atoms with E-state index in [0.29, 0.717) is 0 Å². The quantitative estimate of drug-likeness (QED) is 0.835. The van der Waals surface area contributed by atoms with E-state index >= 15 is 0 Å². The van der Waals surface area contributed by atoms with E-state index in [1.807, 2.05) is 13.0 Å². The van der Waals surface area contributed by atoms with Gasteiger partial charge in [-0.1, -0.05) is 18.2 Å². The van der Waals surface area contributed by atoms with Crippen LogP contribution in [-0.2, 0) is 0 Å². The largest absolute Gasteiger partial charge is 0.467 e. The van der Waals surface area contributed by atoms with Crippen molar-refractivity contribution in [3.8, 4) is 0 Å². The van der Waals surface area contributed by atoms with Gasteiger partial charge in [-0.05, 0) is 49.1 Å². The molecule has 0 spiro atoms. The second-order valence-electron chi connectivity index (χ2n) is 4.29. The molecule has 0 radical (unpaired) electrons. The first-order chi connectivity index (χ1) is 7.59. The van der Waals surface area contributed by atoms with Crippen molar-refractivity contribution in [3.63, 3.8) is 0 Å². The van der Waals surface area contributed by atoms with Gasteiger partial charge in [0.2, 0.25) is 0 Å². The predicted molar refractivity (Wildman–Crippen MR) is 65.4 cm³/mol. The zero-order chi connectivity index (χ0) is 11.7. The summed E-state index contributed by atoms with van der Waals surface area (Å²) in [5, 5.41) is 0. The third kappa shape index (κ3) is 1.89. The molecule has 16 heavy (non-hydrogen) atoms. The van der Waals surface area contributed by atoms with Crippen LogP contribution in [0, 0.1) is 20.8 Å². The van der Waals surface area contributed by atoms with Crippen LogP contribution in [0.25, 0.3) is 0 Å². The topological polar surface area (TPSA) is 39.2 Å². The van der Waals surface area contributed by atoms with Crippen LogP contribution in [0.2, 0.25) is 0 Å². The zero-order valence-corrected chi connectivity index (χ0v) is 9.95. The van der Waals surface area contributed by atoms with Crippen LogP contribution in [0.5, 0.6) is 0 Å². The number of benzene rings is 1. The third-order valence-corrected chi connectivity index (χ3v) is 3.07. The zero-order valence-electron chi connectivity index (χ0n) is 9.95. The van der Waals surface area contributed by atoms with Gasteiger partial charge in [-0.2, -0.15) is 0 Å². The van der Waals surface area contributed by atoms with Crippen LogP contribution in [0.1, 0.15) is 34.1 Å². The van der Waals surface area contributed by atoms with Gasteiger partial charge in [0, 0.05) is 0 Å². The summed E-state index contributed by atoms with van der Waals surface area (Å²) in [7, 11) is 0. The highest BCUT2D eigenvalue weighted by Crippen LogP contribution is 2.24. The maximum Gasteiger partial charge on any atom is 0.127 e. The maximum atomic E-state index is 6.19. The number of furan rings is 1. The molecule has 2 heteroatoms. The van der Waals surface area contributed by atoms with Crippen molar-refractivity contribution in [1.82, 2.24) is 0 Å². The monoisotopic (exact) mass is 215 g/mol. The van der Waals surface area contributed by atoms with Gasteiger partial charge in [0.15, 0.2) is 0 Å². The molecule has 1 aromatic heterocycles. The molecule has 0 saturated heterocycles. The highest BCUT2D eigenvalue weighted by Gasteiger charge is 2.14. The van der Waals surface area contributed by atoms with Crippen LogP contribution in [-0.4, -0.2) is 0 Å². The predicted octanol–water partition coefficient (Wildman–Crippen LogP) is 3.25. The van der Waals surface area contributed by atoms with Crippen molar-refractivity contribution < 1.29 is 4.42 Å². The maximum absolute atomic E-state index is 6.19. The Bertz CT molecular complexity index is 499. The Labute approximate surface area is 96.1 Å². The lowest BCUT2D eigenvalue weighted by atomic mass is 9.99. The molecule has 2 N–H and O–H groups in total. The molecule has 2 aromatic rings. The number of hydrogen-bond donors (Lipinski definition) is 1. The van der Waals surface area contributed by atoms with Gasteiger partial charge in [-0.25, -0.2) is 0 Å². The molecular formula is C14H17NO. The first-order valence-electron chi connectivity index (χ1n) is 5.46. The van der Waals surface area contributed by atoms with E-state index in [9.17, 15) is 0 Å².